The van der Waals surface area contributed by atoms with E-state index in [0.717, 1.165) is 17.0 Å². The molecule has 2 heterocycles. The molecule has 0 saturated carbocycles. The second kappa shape index (κ2) is 6.99. The van der Waals surface area contributed by atoms with Gasteiger partial charge in [0, 0.05) is 19.2 Å². The summed E-state index contributed by atoms with van der Waals surface area (Å²) in [6, 6.07) is 6.99. The molecule has 0 saturated heterocycles. The lowest BCUT2D eigenvalue weighted by Crippen LogP contribution is -2.43. The Hall–Kier alpha value is -3.16. The molecule has 1 amide bonds. The van der Waals surface area contributed by atoms with Crippen LogP contribution in [0.2, 0.25) is 0 Å². The first-order valence-electron chi connectivity index (χ1n) is 8.27. The number of hydrogen-bond acceptors (Lipinski definition) is 5. The van der Waals surface area contributed by atoms with Gasteiger partial charge < -0.3 is 14.4 Å². The van der Waals surface area contributed by atoms with Crippen LogP contribution in [0.25, 0.3) is 11.0 Å². The predicted octanol–water partition coefficient (Wildman–Crippen LogP) is 0.664. The van der Waals surface area contributed by atoms with Gasteiger partial charge in [0.2, 0.25) is 5.91 Å². The van der Waals surface area contributed by atoms with Crippen LogP contribution >= 0.6 is 0 Å². The standard InChI is InChI=1S/C18H20N4O4/c1-11-13(12(2)26-20-11)8-9-19-16(23)10-22-15-7-5-4-6-14(15)21(3)17(24)18(22)25/h4-7H,8-10H2,1-3H3,(H,19,23). The van der Waals surface area contributed by atoms with Crippen LogP contribution in [0.1, 0.15) is 17.0 Å². The summed E-state index contributed by atoms with van der Waals surface area (Å²) in [5.74, 6) is 0.391. The minimum Gasteiger partial charge on any atom is -0.361 e. The van der Waals surface area contributed by atoms with Crippen LogP contribution < -0.4 is 16.4 Å². The topological polar surface area (TPSA) is 99.1 Å². The number of benzene rings is 1. The molecule has 0 spiro atoms. The van der Waals surface area contributed by atoms with Crippen LogP contribution in [-0.4, -0.2) is 26.7 Å². The fourth-order valence-electron chi connectivity index (χ4n) is 3.00. The number of carbonyl (C=O) groups excluding carboxylic acids is 1. The highest BCUT2D eigenvalue weighted by Gasteiger charge is 2.14. The van der Waals surface area contributed by atoms with Crippen molar-refractivity contribution in [2.45, 2.75) is 26.8 Å². The van der Waals surface area contributed by atoms with Crippen molar-refractivity contribution in [3.05, 3.63) is 62.0 Å². The van der Waals surface area contributed by atoms with Crippen molar-refractivity contribution >= 4 is 16.9 Å². The first-order valence-corrected chi connectivity index (χ1v) is 8.27. The van der Waals surface area contributed by atoms with Crippen molar-refractivity contribution in [3.63, 3.8) is 0 Å². The lowest BCUT2D eigenvalue weighted by Gasteiger charge is -2.12. The summed E-state index contributed by atoms with van der Waals surface area (Å²) in [6.07, 6.45) is 0.582. The summed E-state index contributed by atoms with van der Waals surface area (Å²) < 4.78 is 7.60. The summed E-state index contributed by atoms with van der Waals surface area (Å²) in [5.41, 5.74) is 1.52. The number of para-hydroxylation sites is 2. The molecule has 0 radical (unpaired) electrons. The van der Waals surface area contributed by atoms with E-state index >= 15 is 0 Å². The van der Waals surface area contributed by atoms with E-state index in [1.165, 1.54) is 9.13 Å². The van der Waals surface area contributed by atoms with Gasteiger partial charge in [-0.25, -0.2) is 0 Å². The number of nitrogens with one attached hydrogen (secondary N) is 1. The molecule has 0 aliphatic rings. The minimum absolute atomic E-state index is 0.211. The molecule has 0 aliphatic carbocycles. The molecule has 0 fully saturated rings. The molecule has 0 unspecified atom stereocenters. The van der Waals surface area contributed by atoms with Gasteiger partial charge in [0.15, 0.2) is 0 Å². The molecular weight excluding hydrogens is 336 g/mol. The first-order chi connectivity index (χ1) is 12.4. The van der Waals surface area contributed by atoms with Gasteiger partial charge in [-0.1, -0.05) is 17.3 Å². The maximum absolute atomic E-state index is 12.3. The van der Waals surface area contributed by atoms with Crippen LogP contribution in [0, 0.1) is 13.8 Å². The van der Waals surface area contributed by atoms with Crippen molar-refractivity contribution in [1.29, 1.82) is 0 Å². The van der Waals surface area contributed by atoms with Crippen LogP contribution in [0.15, 0.2) is 38.4 Å². The highest BCUT2D eigenvalue weighted by atomic mass is 16.5. The number of fused-ring (bicyclic) bond motifs is 1. The summed E-state index contributed by atoms with van der Waals surface area (Å²) in [4.78, 5) is 36.7. The Bertz CT molecular complexity index is 1070. The number of aromatic nitrogens is 3. The fourth-order valence-corrected chi connectivity index (χ4v) is 3.00. The summed E-state index contributed by atoms with van der Waals surface area (Å²) in [7, 11) is 1.54. The molecule has 0 atom stereocenters. The Morgan fingerprint density at radius 1 is 1.15 bits per heavy atom. The monoisotopic (exact) mass is 356 g/mol. The third kappa shape index (κ3) is 3.17. The van der Waals surface area contributed by atoms with Gasteiger partial charge in [-0.2, -0.15) is 0 Å². The highest BCUT2D eigenvalue weighted by molar-refractivity contribution is 5.80. The number of amides is 1. The third-order valence-corrected chi connectivity index (χ3v) is 4.45. The van der Waals surface area contributed by atoms with Crippen LogP contribution in [0.4, 0.5) is 0 Å². The molecule has 8 heteroatoms. The molecule has 8 nitrogen and oxygen atoms in total. The molecule has 1 N–H and O–H groups in total. The van der Waals surface area contributed by atoms with Gasteiger partial charge in [0.05, 0.1) is 16.7 Å². The summed E-state index contributed by atoms with van der Waals surface area (Å²) in [6.45, 7) is 3.85. The number of carbonyl (C=O) groups is 1. The normalized spacial score (nSPS) is 11.0. The van der Waals surface area contributed by atoms with Gasteiger partial charge in [-0.3, -0.25) is 19.0 Å². The van der Waals surface area contributed by atoms with E-state index in [1.807, 2.05) is 13.8 Å². The van der Waals surface area contributed by atoms with E-state index < -0.39 is 11.1 Å². The van der Waals surface area contributed by atoms with Crippen LogP contribution in [-0.2, 0) is 24.8 Å². The molecule has 26 heavy (non-hydrogen) atoms. The Kier molecular flexibility index (Phi) is 4.75. The van der Waals surface area contributed by atoms with Gasteiger partial charge >= 0.3 is 11.1 Å². The predicted molar refractivity (Wildman–Crippen MR) is 96.1 cm³/mol. The average molecular weight is 356 g/mol. The van der Waals surface area contributed by atoms with E-state index in [2.05, 4.69) is 10.5 Å². The van der Waals surface area contributed by atoms with E-state index in [-0.39, 0.29) is 12.5 Å². The summed E-state index contributed by atoms with van der Waals surface area (Å²) >= 11 is 0. The van der Waals surface area contributed by atoms with Crippen molar-refractivity contribution in [2.75, 3.05) is 6.54 Å². The number of nitrogens with zero attached hydrogens (tertiary/aromatic N) is 3. The Morgan fingerprint density at radius 2 is 1.85 bits per heavy atom. The van der Waals surface area contributed by atoms with Gasteiger partial charge in [-0.05, 0) is 32.4 Å². The van der Waals surface area contributed by atoms with E-state index in [1.54, 1.807) is 31.3 Å². The zero-order chi connectivity index (χ0) is 18.8. The van der Waals surface area contributed by atoms with Gasteiger partial charge in [-0.15, -0.1) is 0 Å². The smallest absolute Gasteiger partial charge is 0.317 e. The van der Waals surface area contributed by atoms with E-state index in [9.17, 15) is 14.4 Å². The fraction of sp³-hybridized carbons (Fsp3) is 0.333. The third-order valence-electron chi connectivity index (χ3n) is 4.45. The van der Waals surface area contributed by atoms with Crippen molar-refractivity contribution in [1.82, 2.24) is 19.6 Å². The molecular formula is C18H20N4O4. The van der Waals surface area contributed by atoms with Crippen LogP contribution in [0.3, 0.4) is 0 Å². The molecule has 3 aromatic rings. The second-order valence-corrected chi connectivity index (χ2v) is 6.15. The van der Waals surface area contributed by atoms with Gasteiger partial charge in [0.1, 0.15) is 12.3 Å². The molecule has 136 valence electrons. The molecule has 3 rings (SSSR count). The minimum atomic E-state index is -0.716. The average Bonchev–Trinajstić information content (AvgIpc) is 2.95. The van der Waals surface area contributed by atoms with Crippen molar-refractivity contribution in [2.24, 2.45) is 7.05 Å². The van der Waals surface area contributed by atoms with Gasteiger partial charge in [0.25, 0.3) is 0 Å². The summed E-state index contributed by atoms with van der Waals surface area (Å²) in [5, 5.41) is 6.65. The largest absolute Gasteiger partial charge is 0.361 e. The van der Waals surface area contributed by atoms with Crippen molar-refractivity contribution < 1.29 is 9.32 Å². The van der Waals surface area contributed by atoms with Crippen LogP contribution in [0.5, 0.6) is 0 Å². The Balaban J connectivity index is 1.78. The number of aryl methyl sites for hydroxylation is 3. The number of rotatable bonds is 5. The highest BCUT2D eigenvalue weighted by Crippen LogP contribution is 2.12. The Labute approximate surface area is 149 Å². The maximum Gasteiger partial charge on any atom is 0.317 e. The quantitative estimate of drug-likeness (QED) is 0.677. The Morgan fingerprint density at radius 3 is 2.50 bits per heavy atom. The molecule has 2 aromatic heterocycles. The maximum atomic E-state index is 12.3. The zero-order valence-electron chi connectivity index (χ0n) is 14.9. The zero-order valence-corrected chi connectivity index (χ0v) is 14.9. The lowest BCUT2D eigenvalue weighted by molar-refractivity contribution is -0.121. The molecule has 0 aliphatic heterocycles. The van der Waals surface area contributed by atoms with E-state index in [4.69, 9.17) is 4.52 Å². The second-order valence-electron chi connectivity index (χ2n) is 6.15. The molecule has 1 aromatic carbocycles. The SMILES string of the molecule is Cc1noc(C)c1CCNC(=O)Cn1c(=O)c(=O)n(C)c2ccccc21. The molecule has 0 bridgehead atoms. The number of hydrogen-bond donors (Lipinski definition) is 1. The first kappa shape index (κ1) is 17.7. The van der Waals surface area contributed by atoms with Crippen molar-refractivity contribution in [3.8, 4) is 0 Å². The van der Waals surface area contributed by atoms with E-state index in [0.29, 0.717) is 24.0 Å². The lowest BCUT2D eigenvalue weighted by atomic mass is 10.1.